The maximum atomic E-state index is 13.1. The summed E-state index contributed by atoms with van der Waals surface area (Å²) >= 11 is 18.9. The number of nitrogens with one attached hydrogen (secondary N) is 1. The first-order valence-corrected chi connectivity index (χ1v) is 13.5. The number of rotatable bonds is 7. The third-order valence-corrected chi connectivity index (χ3v) is 9.60. The van der Waals surface area contributed by atoms with Gasteiger partial charge in [-0.2, -0.15) is 0 Å². The molecule has 1 saturated heterocycles. The molecule has 34 heavy (non-hydrogen) atoms. The number of carboxylic acids is 1. The standard InChI is InChI=1S/C22H19Cl3N2O5S2/c23-17-19(21(25)33-20(17)24)34(31,32)26-15-7-6-14(22(29)30)18(28)16(15)13-8-9-27(11-13)10-12-4-2-1-3-5-12/h1-7,13,26,28H,8-11H2,(H,29,30). The number of likely N-dealkylation sites (tertiary alicyclic amines) is 1. The fraction of sp³-hybridized carbons (Fsp3) is 0.227. The van der Waals surface area contributed by atoms with Gasteiger partial charge in [0.15, 0.2) is 0 Å². The second-order valence-electron chi connectivity index (χ2n) is 7.83. The van der Waals surface area contributed by atoms with Crippen LogP contribution < -0.4 is 4.72 Å². The van der Waals surface area contributed by atoms with Gasteiger partial charge in [0.1, 0.15) is 24.9 Å². The minimum atomic E-state index is -4.28. The quantitative estimate of drug-likeness (QED) is 0.331. The summed E-state index contributed by atoms with van der Waals surface area (Å²) in [5.41, 5.74) is 1.08. The van der Waals surface area contributed by atoms with Crippen molar-refractivity contribution in [3.63, 3.8) is 0 Å². The molecule has 180 valence electrons. The van der Waals surface area contributed by atoms with Gasteiger partial charge in [0.25, 0.3) is 10.0 Å². The van der Waals surface area contributed by atoms with E-state index in [0.717, 1.165) is 23.0 Å². The highest BCUT2D eigenvalue weighted by atomic mass is 35.5. The Morgan fingerprint density at radius 2 is 1.82 bits per heavy atom. The molecular weight excluding hydrogens is 543 g/mol. The molecule has 3 N–H and O–H groups in total. The van der Waals surface area contributed by atoms with Gasteiger partial charge >= 0.3 is 5.97 Å². The first-order valence-electron chi connectivity index (χ1n) is 10.1. The van der Waals surface area contributed by atoms with Gasteiger partial charge < -0.3 is 10.2 Å². The predicted octanol–water partition coefficient (Wildman–Crippen LogP) is 5.90. The Kier molecular flexibility index (Phi) is 7.33. The number of benzene rings is 2. The number of hydrogen-bond acceptors (Lipinski definition) is 6. The minimum absolute atomic E-state index is 0.0312. The largest absolute Gasteiger partial charge is 0.507 e. The molecule has 3 aromatic rings. The van der Waals surface area contributed by atoms with E-state index in [0.29, 0.717) is 26.1 Å². The number of aromatic carboxylic acids is 1. The molecule has 0 spiro atoms. The number of carboxylic acid groups (broad SMARTS) is 1. The van der Waals surface area contributed by atoms with E-state index >= 15 is 0 Å². The van der Waals surface area contributed by atoms with Gasteiger partial charge in [-0.1, -0.05) is 65.1 Å². The van der Waals surface area contributed by atoms with E-state index < -0.39 is 21.7 Å². The highest BCUT2D eigenvalue weighted by Gasteiger charge is 2.33. The van der Waals surface area contributed by atoms with Crippen LogP contribution in [0.15, 0.2) is 47.4 Å². The lowest BCUT2D eigenvalue weighted by molar-refractivity contribution is 0.0693. The third-order valence-electron chi connectivity index (χ3n) is 5.62. The first kappa shape index (κ1) is 25.1. The molecule has 1 atom stereocenters. The second kappa shape index (κ2) is 9.93. The van der Waals surface area contributed by atoms with Crippen molar-refractivity contribution in [3.8, 4) is 5.75 Å². The first-order chi connectivity index (χ1) is 16.1. The van der Waals surface area contributed by atoms with Crippen LogP contribution in [-0.4, -0.2) is 42.6 Å². The number of phenols is 1. The fourth-order valence-electron chi connectivity index (χ4n) is 4.10. The lowest BCUT2D eigenvalue weighted by atomic mass is 9.93. The molecule has 1 fully saturated rings. The molecule has 7 nitrogen and oxygen atoms in total. The highest BCUT2D eigenvalue weighted by Crippen LogP contribution is 2.45. The summed E-state index contributed by atoms with van der Waals surface area (Å²) < 4.78 is 28.6. The van der Waals surface area contributed by atoms with E-state index in [4.69, 9.17) is 34.8 Å². The molecule has 0 radical (unpaired) electrons. The molecule has 4 rings (SSSR count). The molecule has 0 bridgehead atoms. The van der Waals surface area contributed by atoms with Crippen LogP contribution in [0.25, 0.3) is 0 Å². The normalized spacial score (nSPS) is 16.6. The van der Waals surface area contributed by atoms with Crippen molar-refractivity contribution >= 4 is 67.8 Å². The number of thiophene rings is 1. The summed E-state index contributed by atoms with van der Waals surface area (Å²) in [5, 5.41) is 20.1. The van der Waals surface area contributed by atoms with Gasteiger partial charge in [0.05, 0.1) is 10.7 Å². The Bertz CT molecular complexity index is 1350. The Hall–Kier alpha value is -2.01. The second-order valence-corrected chi connectivity index (χ2v) is 12.1. The molecule has 2 aromatic carbocycles. The Labute approximate surface area is 215 Å². The van der Waals surface area contributed by atoms with Crippen LogP contribution in [0.1, 0.15) is 33.8 Å². The zero-order valence-corrected chi connectivity index (χ0v) is 21.4. The van der Waals surface area contributed by atoms with Crippen LogP contribution >= 0.6 is 46.1 Å². The number of halogens is 3. The predicted molar refractivity (Wildman–Crippen MR) is 134 cm³/mol. The van der Waals surface area contributed by atoms with Crippen molar-refractivity contribution in [2.75, 3.05) is 17.8 Å². The molecule has 2 heterocycles. The maximum absolute atomic E-state index is 13.1. The van der Waals surface area contributed by atoms with E-state index in [-0.39, 0.29) is 41.3 Å². The monoisotopic (exact) mass is 560 g/mol. The number of sulfonamides is 1. The lowest BCUT2D eigenvalue weighted by Gasteiger charge is -2.21. The van der Waals surface area contributed by atoms with Gasteiger partial charge in [0.2, 0.25) is 0 Å². The molecule has 0 saturated carbocycles. The lowest BCUT2D eigenvalue weighted by Crippen LogP contribution is -2.20. The summed E-state index contributed by atoms with van der Waals surface area (Å²) in [6.45, 7) is 1.88. The van der Waals surface area contributed by atoms with Crippen molar-refractivity contribution in [1.82, 2.24) is 4.90 Å². The summed E-state index contributed by atoms with van der Waals surface area (Å²) in [4.78, 5) is 13.4. The molecule has 1 aliphatic heterocycles. The van der Waals surface area contributed by atoms with Gasteiger partial charge in [-0.15, -0.1) is 11.3 Å². The van der Waals surface area contributed by atoms with Crippen LogP contribution in [0.3, 0.4) is 0 Å². The fourth-order valence-corrected chi connectivity index (χ4v) is 8.03. The van der Waals surface area contributed by atoms with E-state index in [1.54, 1.807) is 0 Å². The van der Waals surface area contributed by atoms with Crippen LogP contribution in [0, 0.1) is 0 Å². The molecule has 0 amide bonds. The summed E-state index contributed by atoms with van der Waals surface area (Å²) in [7, 11) is -4.28. The van der Waals surface area contributed by atoms with Gasteiger partial charge in [0, 0.05) is 24.6 Å². The Balaban J connectivity index is 1.69. The van der Waals surface area contributed by atoms with E-state index in [1.807, 2.05) is 30.3 Å². The zero-order valence-electron chi connectivity index (χ0n) is 17.5. The van der Waals surface area contributed by atoms with E-state index in [9.17, 15) is 23.4 Å². The number of hydrogen-bond donors (Lipinski definition) is 3. The Morgan fingerprint density at radius 3 is 2.44 bits per heavy atom. The number of carbonyl (C=O) groups is 1. The smallest absolute Gasteiger partial charge is 0.339 e. The van der Waals surface area contributed by atoms with Crippen LogP contribution in [0.4, 0.5) is 5.69 Å². The SMILES string of the molecule is O=C(O)c1ccc(NS(=O)(=O)c2c(Cl)sc(Cl)c2Cl)c(C2CCN(Cc3ccccc3)C2)c1O. The van der Waals surface area contributed by atoms with E-state index in [1.165, 1.54) is 6.07 Å². The topological polar surface area (TPSA) is 107 Å². The Morgan fingerprint density at radius 1 is 1.12 bits per heavy atom. The molecular formula is C22H19Cl3N2O5S2. The van der Waals surface area contributed by atoms with E-state index in [2.05, 4.69) is 9.62 Å². The number of aromatic hydroxyl groups is 1. The maximum Gasteiger partial charge on any atom is 0.339 e. The average molecular weight is 562 g/mol. The van der Waals surface area contributed by atoms with Crippen LogP contribution in [0.2, 0.25) is 13.7 Å². The summed E-state index contributed by atoms with van der Waals surface area (Å²) in [6, 6.07) is 12.3. The average Bonchev–Trinajstić information content (AvgIpc) is 3.31. The van der Waals surface area contributed by atoms with Crippen molar-refractivity contribution in [1.29, 1.82) is 0 Å². The number of nitrogens with zero attached hydrogens (tertiary/aromatic N) is 1. The minimum Gasteiger partial charge on any atom is -0.507 e. The molecule has 0 aliphatic carbocycles. The molecule has 1 aromatic heterocycles. The van der Waals surface area contributed by atoms with Crippen molar-refractivity contribution in [2.45, 2.75) is 23.8 Å². The summed E-state index contributed by atoms with van der Waals surface area (Å²) in [6.07, 6.45) is 0.601. The van der Waals surface area contributed by atoms with Crippen LogP contribution in [0.5, 0.6) is 5.75 Å². The molecule has 1 unspecified atom stereocenters. The van der Waals surface area contributed by atoms with Gasteiger partial charge in [-0.25, -0.2) is 13.2 Å². The van der Waals surface area contributed by atoms with Crippen molar-refractivity contribution in [2.24, 2.45) is 0 Å². The zero-order chi connectivity index (χ0) is 24.6. The molecule has 12 heteroatoms. The number of anilines is 1. The highest BCUT2D eigenvalue weighted by molar-refractivity contribution is 7.93. The van der Waals surface area contributed by atoms with Crippen molar-refractivity contribution < 1.29 is 23.4 Å². The van der Waals surface area contributed by atoms with Gasteiger partial charge in [-0.05, 0) is 30.7 Å². The third kappa shape index (κ3) is 5.00. The van der Waals surface area contributed by atoms with Crippen molar-refractivity contribution in [3.05, 3.63) is 72.9 Å². The molecule has 1 aliphatic rings. The van der Waals surface area contributed by atoms with Gasteiger partial charge in [-0.3, -0.25) is 9.62 Å². The van der Waals surface area contributed by atoms with Crippen LogP contribution in [-0.2, 0) is 16.6 Å². The summed E-state index contributed by atoms with van der Waals surface area (Å²) in [5.74, 6) is -2.10.